The molecule has 0 aliphatic rings. The molecule has 0 saturated carbocycles. The molecule has 0 amide bonds. The minimum Gasteiger partial charge on any atom is -0.492 e. The van der Waals surface area contributed by atoms with Crippen LogP contribution in [-0.2, 0) is 13.1 Å². The second kappa shape index (κ2) is 7.59. The molecule has 0 spiro atoms. The summed E-state index contributed by atoms with van der Waals surface area (Å²) in [6.07, 6.45) is 5.01. The van der Waals surface area contributed by atoms with Crippen LogP contribution in [0.2, 0.25) is 0 Å². The summed E-state index contributed by atoms with van der Waals surface area (Å²) in [5.74, 6) is 2.00. The SMILES string of the molecule is CCCn1ccnc1CNCCOc1ccccc1. The molecule has 2 aromatic rings. The fourth-order valence-corrected chi connectivity index (χ4v) is 1.91. The van der Waals surface area contributed by atoms with E-state index in [1.54, 1.807) is 0 Å². The molecule has 1 aromatic heterocycles. The van der Waals surface area contributed by atoms with Crippen molar-refractivity contribution in [2.24, 2.45) is 0 Å². The van der Waals surface area contributed by atoms with Gasteiger partial charge < -0.3 is 14.6 Å². The fourth-order valence-electron chi connectivity index (χ4n) is 1.91. The summed E-state index contributed by atoms with van der Waals surface area (Å²) >= 11 is 0. The van der Waals surface area contributed by atoms with Crippen molar-refractivity contribution in [3.63, 3.8) is 0 Å². The molecule has 1 heterocycles. The molecule has 0 aliphatic carbocycles. The second-order valence-corrected chi connectivity index (χ2v) is 4.38. The summed E-state index contributed by atoms with van der Waals surface area (Å²) in [6, 6.07) is 9.87. The maximum Gasteiger partial charge on any atom is 0.122 e. The average Bonchev–Trinajstić information content (AvgIpc) is 2.88. The highest BCUT2D eigenvalue weighted by atomic mass is 16.5. The lowest BCUT2D eigenvalue weighted by Gasteiger charge is -2.09. The van der Waals surface area contributed by atoms with Crippen LogP contribution in [0.25, 0.3) is 0 Å². The zero-order valence-electron chi connectivity index (χ0n) is 11.4. The third kappa shape index (κ3) is 4.41. The Kier molecular flexibility index (Phi) is 5.44. The molecule has 0 aliphatic heterocycles. The van der Waals surface area contributed by atoms with Crippen molar-refractivity contribution < 1.29 is 4.74 Å². The molecule has 1 aromatic carbocycles. The number of nitrogens with one attached hydrogen (secondary N) is 1. The Morgan fingerprint density at radius 1 is 1.26 bits per heavy atom. The number of rotatable bonds is 8. The van der Waals surface area contributed by atoms with Gasteiger partial charge in [-0.3, -0.25) is 0 Å². The number of aryl methyl sites for hydroxylation is 1. The summed E-state index contributed by atoms with van der Waals surface area (Å²) in [5, 5.41) is 3.35. The van der Waals surface area contributed by atoms with Crippen LogP contribution in [0.1, 0.15) is 19.2 Å². The first kappa shape index (κ1) is 13.6. The number of para-hydroxylation sites is 1. The van der Waals surface area contributed by atoms with Crippen LogP contribution < -0.4 is 10.1 Å². The van der Waals surface area contributed by atoms with Crippen LogP contribution in [0.5, 0.6) is 5.75 Å². The molecule has 4 nitrogen and oxygen atoms in total. The molecule has 0 radical (unpaired) electrons. The molecule has 0 bridgehead atoms. The van der Waals surface area contributed by atoms with Gasteiger partial charge in [-0.2, -0.15) is 0 Å². The summed E-state index contributed by atoms with van der Waals surface area (Å²) in [4.78, 5) is 4.35. The fraction of sp³-hybridized carbons (Fsp3) is 0.400. The normalized spacial score (nSPS) is 10.6. The van der Waals surface area contributed by atoms with Crippen LogP contribution in [0.3, 0.4) is 0 Å². The standard InChI is InChI=1S/C15H21N3O/c1-2-10-18-11-8-17-15(18)13-16-9-12-19-14-6-4-3-5-7-14/h3-8,11,16H,2,9-10,12-13H2,1H3. The highest BCUT2D eigenvalue weighted by molar-refractivity contribution is 5.20. The van der Waals surface area contributed by atoms with Crippen LogP contribution in [0.15, 0.2) is 42.7 Å². The highest BCUT2D eigenvalue weighted by Gasteiger charge is 2.00. The lowest BCUT2D eigenvalue weighted by atomic mass is 10.3. The van der Waals surface area contributed by atoms with Crippen LogP contribution in [-0.4, -0.2) is 22.7 Å². The highest BCUT2D eigenvalue weighted by Crippen LogP contribution is 2.07. The lowest BCUT2D eigenvalue weighted by Crippen LogP contribution is -2.22. The third-order valence-corrected chi connectivity index (χ3v) is 2.84. The molecular weight excluding hydrogens is 238 g/mol. The molecule has 102 valence electrons. The van der Waals surface area contributed by atoms with Crippen molar-refractivity contribution in [2.45, 2.75) is 26.4 Å². The van der Waals surface area contributed by atoms with E-state index in [1.165, 1.54) is 0 Å². The Bertz CT molecular complexity index is 467. The Balaban J connectivity index is 1.65. The van der Waals surface area contributed by atoms with Gasteiger partial charge in [0.15, 0.2) is 0 Å². The van der Waals surface area contributed by atoms with Gasteiger partial charge in [-0.15, -0.1) is 0 Å². The van der Waals surface area contributed by atoms with Crippen LogP contribution >= 0.6 is 0 Å². The average molecular weight is 259 g/mol. The predicted molar refractivity (Wildman–Crippen MR) is 76.2 cm³/mol. The minimum absolute atomic E-state index is 0.665. The number of nitrogens with zero attached hydrogens (tertiary/aromatic N) is 2. The Morgan fingerprint density at radius 2 is 2.11 bits per heavy atom. The molecule has 2 rings (SSSR count). The lowest BCUT2D eigenvalue weighted by molar-refractivity contribution is 0.312. The monoisotopic (exact) mass is 259 g/mol. The van der Waals surface area contributed by atoms with Gasteiger partial charge in [0.05, 0.1) is 6.54 Å². The van der Waals surface area contributed by atoms with Crippen molar-refractivity contribution in [1.29, 1.82) is 0 Å². The van der Waals surface area contributed by atoms with Crippen LogP contribution in [0.4, 0.5) is 0 Å². The largest absolute Gasteiger partial charge is 0.492 e. The first-order valence-electron chi connectivity index (χ1n) is 6.78. The van der Waals surface area contributed by atoms with Crippen molar-refractivity contribution >= 4 is 0 Å². The zero-order chi connectivity index (χ0) is 13.3. The van der Waals surface area contributed by atoms with Crippen molar-refractivity contribution in [1.82, 2.24) is 14.9 Å². The topological polar surface area (TPSA) is 39.1 Å². The van der Waals surface area contributed by atoms with E-state index in [1.807, 2.05) is 42.7 Å². The zero-order valence-corrected chi connectivity index (χ0v) is 11.4. The Morgan fingerprint density at radius 3 is 2.89 bits per heavy atom. The summed E-state index contributed by atoms with van der Waals surface area (Å²) in [6.45, 7) is 5.46. The van der Waals surface area contributed by atoms with Gasteiger partial charge in [0.2, 0.25) is 0 Å². The van der Waals surface area contributed by atoms with E-state index >= 15 is 0 Å². The van der Waals surface area contributed by atoms with Gasteiger partial charge in [-0.05, 0) is 18.6 Å². The summed E-state index contributed by atoms with van der Waals surface area (Å²) in [5.41, 5.74) is 0. The van der Waals surface area contributed by atoms with Crippen molar-refractivity contribution in [3.8, 4) is 5.75 Å². The maximum absolute atomic E-state index is 5.61. The van der Waals surface area contributed by atoms with E-state index in [2.05, 4.69) is 21.8 Å². The van der Waals surface area contributed by atoms with Crippen LogP contribution in [0, 0.1) is 0 Å². The van der Waals surface area contributed by atoms with E-state index in [-0.39, 0.29) is 0 Å². The molecular formula is C15H21N3O. The third-order valence-electron chi connectivity index (χ3n) is 2.84. The molecule has 4 heteroatoms. The van der Waals surface area contributed by atoms with Gasteiger partial charge in [0, 0.05) is 25.5 Å². The molecule has 0 saturated heterocycles. The molecule has 0 atom stereocenters. The van der Waals surface area contributed by atoms with Gasteiger partial charge in [-0.25, -0.2) is 4.98 Å². The van der Waals surface area contributed by atoms with E-state index in [0.29, 0.717) is 6.61 Å². The quantitative estimate of drug-likeness (QED) is 0.740. The smallest absolute Gasteiger partial charge is 0.122 e. The number of hydrogen-bond acceptors (Lipinski definition) is 3. The first-order chi connectivity index (χ1) is 9.40. The number of ether oxygens (including phenoxy) is 1. The van der Waals surface area contributed by atoms with E-state index in [0.717, 1.165) is 37.6 Å². The summed E-state index contributed by atoms with van der Waals surface area (Å²) in [7, 11) is 0. The molecule has 0 unspecified atom stereocenters. The number of aromatic nitrogens is 2. The van der Waals surface area contributed by atoms with Gasteiger partial charge in [0.25, 0.3) is 0 Å². The number of benzene rings is 1. The van der Waals surface area contributed by atoms with Gasteiger partial charge in [0.1, 0.15) is 18.2 Å². The van der Waals surface area contributed by atoms with Gasteiger partial charge in [-0.1, -0.05) is 25.1 Å². The molecule has 1 N–H and O–H groups in total. The summed E-state index contributed by atoms with van der Waals surface area (Å²) < 4.78 is 7.80. The van der Waals surface area contributed by atoms with E-state index in [9.17, 15) is 0 Å². The second-order valence-electron chi connectivity index (χ2n) is 4.38. The number of hydrogen-bond donors (Lipinski definition) is 1. The Labute approximate surface area is 114 Å². The minimum atomic E-state index is 0.665. The van der Waals surface area contributed by atoms with Crippen molar-refractivity contribution in [3.05, 3.63) is 48.5 Å². The molecule has 19 heavy (non-hydrogen) atoms. The predicted octanol–water partition coefficient (Wildman–Crippen LogP) is 2.46. The van der Waals surface area contributed by atoms with E-state index < -0.39 is 0 Å². The maximum atomic E-state index is 5.61. The van der Waals surface area contributed by atoms with Gasteiger partial charge >= 0.3 is 0 Å². The number of imidazole rings is 1. The molecule has 0 fully saturated rings. The van der Waals surface area contributed by atoms with Crippen molar-refractivity contribution in [2.75, 3.05) is 13.2 Å². The first-order valence-corrected chi connectivity index (χ1v) is 6.78. The Hall–Kier alpha value is -1.81. The van der Waals surface area contributed by atoms with E-state index in [4.69, 9.17) is 4.74 Å².